The zero-order valence-electron chi connectivity index (χ0n) is 7.41. The van der Waals surface area contributed by atoms with Crippen LogP contribution >= 0.6 is 45.0 Å². The molecule has 0 amide bonds. The quantitative estimate of drug-likeness (QED) is 0.499. The summed E-state index contributed by atoms with van der Waals surface area (Å²) in [5.41, 5.74) is 0. The summed E-state index contributed by atoms with van der Waals surface area (Å²) in [7, 11) is -10.2. The molecular weight excluding hydrogens is 321 g/mol. The van der Waals surface area contributed by atoms with Crippen LogP contribution in [0, 0.1) is 0 Å². The molecule has 3 atom stereocenters. The number of carbonyl (C=O) groups excluding carboxylic acids is 1. The van der Waals surface area contributed by atoms with E-state index < -0.39 is 43.8 Å². The first kappa shape index (κ1) is 14.6. The van der Waals surface area contributed by atoms with Crippen LogP contribution in [0.4, 0.5) is 19.4 Å². The van der Waals surface area contributed by atoms with E-state index >= 15 is 0 Å². The minimum atomic E-state index is -10.2. The third kappa shape index (κ3) is 2.23. The number of hydrogen-bond acceptors (Lipinski definition) is 1. The molecule has 1 saturated carbocycles. The van der Waals surface area contributed by atoms with Gasteiger partial charge in [0, 0.05) is 12.8 Å². The smallest absolute Gasteiger partial charge is 0.296 e. The Morgan fingerprint density at radius 2 is 1.56 bits per heavy atom. The molecule has 3 unspecified atom stereocenters. The second-order valence-electron chi connectivity index (χ2n) is 3.56. The van der Waals surface area contributed by atoms with Crippen molar-refractivity contribution in [2.24, 2.45) is 0 Å². The Bertz CT molecular complexity index is 342. The maximum Gasteiger partial charge on any atom is 0.309 e. The third-order valence-electron chi connectivity index (χ3n) is 2.26. The molecule has 0 saturated heterocycles. The standard InChI is InChI=1S/C6H6Cl3F5OS/c7-3-1-5(15)6(9,2-4(3)8)16(10,11,12,13)14/h3-4H,1-2H2. The van der Waals surface area contributed by atoms with Gasteiger partial charge in [-0.1, -0.05) is 31.0 Å². The molecule has 16 heavy (non-hydrogen) atoms. The summed E-state index contributed by atoms with van der Waals surface area (Å²) >= 11 is 15.6. The summed E-state index contributed by atoms with van der Waals surface area (Å²) < 4.78 is 58.7. The summed E-state index contributed by atoms with van der Waals surface area (Å²) in [4.78, 5) is 11.1. The monoisotopic (exact) mass is 326 g/mol. The van der Waals surface area contributed by atoms with Gasteiger partial charge in [0.15, 0.2) is 5.78 Å². The van der Waals surface area contributed by atoms with Gasteiger partial charge in [0.1, 0.15) is 0 Å². The largest absolute Gasteiger partial charge is 0.309 e. The van der Waals surface area contributed by atoms with Gasteiger partial charge in [-0.3, -0.25) is 4.79 Å². The van der Waals surface area contributed by atoms with E-state index in [0.717, 1.165) is 0 Å². The van der Waals surface area contributed by atoms with Crippen molar-refractivity contribution in [3.63, 3.8) is 0 Å². The number of carbonyl (C=O) groups is 1. The van der Waals surface area contributed by atoms with Crippen molar-refractivity contribution in [1.29, 1.82) is 0 Å². The molecule has 0 N–H and O–H groups in total. The van der Waals surface area contributed by atoms with Crippen LogP contribution < -0.4 is 0 Å². The van der Waals surface area contributed by atoms with E-state index in [9.17, 15) is 24.2 Å². The number of Topliss-reactive ketones (excluding diaryl/α,β-unsaturated/α-hetero) is 1. The molecule has 0 aromatic carbocycles. The van der Waals surface area contributed by atoms with E-state index in [1.54, 1.807) is 0 Å². The number of halogens is 8. The van der Waals surface area contributed by atoms with Gasteiger partial charge in [-0.15, -0.1) is 23.2 Å². The van der Waals surface area contributed by atoms with Gasteiger partial charge in [0.2, 0.25) is 4.21 Å². The Morgan fingerprint density at radius 3 is 1.94 bits per heavy atom. The van der Waals surface area contributed by atoms with Crippen LogP contribution in [0.15, 0.2) is 0 Å². The lowest BCUT2D eigenvalue weighted by atomic mass is 9.97. The molecule has 10 heteroatoms. The van der Waals surface area contributed by atoms with Gasteiger partial charge >= 0.3 is 10.2 Å². The molecule has 1 nitrogen and oxygen atoms in total. The second-order valence-corrected chi connectivity index (χ2v) is 8.19. The molecule has 1 rings (SSSR count). The molecule has 1 fully saturated rings. The second kappa shape index (κ2) is 3.10. The number of ketones is 1. The highest BCUT2D eigenvalue weighted by Gasteiger charge is 2.82. The maximum atomic E-state index is 12.6. The van der Waals surface area contributed by atoms with Gasteiger partial charge in [-0.25, -0.2) is 0 Å². The summed E-state index contributed by atoms with van der Waals surface area (Å²) in [5, 5.41) is -2.55. The lowest BCUT2D eigenvalue weighted by Gasteiger charge is -2.53. The molecule has 0 aliphatic heterocycles. The van der Waals surface area contributed by atoms with Crippen LogP contribution in [0.2, 0.25) is 0 Å². The third-order valence-corrected chi connectivity index (χ3v) is 6.16. The number of rotatable bonds is 1. The minimum Gasteiger partial charge on any atom is -0.296 e. The maximum absolute atomic E-state index is 12.6. The first-order chi connectivity index (χ1) is 6.68. The highest BCUT2D eigenvalue weighted by Crippen LogP contribution is 3.05. The van der Waals surface area contributed by atoms with Crippen LogP contribution in [-0.2, 0) is 4.79 Å². The fourth-order valence-electron chi connectivity index (χ4n) is 1.32. The van der Waals surface area contributed by atoms with Crippen LogP contribution in [-0.4, -0.2) is 20.7 Å². The first-order valence-electron chi connectivity index (χ1n) is 3.91. The summed E-state index contributed by atoms with van der Waals surface area (Å²) in [6.45, 7) is 0. The van der Waals surface area contributed by atoms with Crippen molar-refractivity contribution < 1.29 is 24.2 Å². The molecule has 0 aromatic heterocycles. The summed E-state index contributed by atoms with van der Waals surface area (Å²) in [5.74, 6) is -1.83. The van der Waals surface area contributed by atoms with Crippen LogP contribution in [0.5, 0.6) is 0 Å². The van der Waals surface area contributed by atoms with Gasteiger partial charge in [0.05, 0.1) is 10.8 Å². The van der Waals surface area contributed by atoms with Crippen molar-refractivity contribution in [1.82, 2.24) is 0 Å². The minimum absolute atomic E-state index is 0.926. The predicted octanol–water partition coefficient (Wildman–Crippen LogP) is 4.80. The van der Waals surface area contributed by atoms with Crippen LogP contribution in [0.1, 0.15) is 12.8 Å². The van der Waals surface area contributed by atoms with Crippen molar-refractivity contribution in [2.75, 3.05) is 0 Å². The highest BCUT2D eigenvalue weighted by atomic mass is 35.5. The van der Waals surface area contributed by atoms with Crippen molar-refractivity contribution in [3.8, 4) is 0 Å². The number of hydrogen-bond donors (Lipinski definition) is 0. The van der Waals surface area contributed by atoms with Crippen LogP contribution in [0.25, 0.3) is 0 Å². The summed E-state index contributed by atoms with van der Waals surface area (Å²) in [6, 6.07) is 0. The first-order valence-corrected chi connectivity index (χ1v) is 7.11. The molecule has 0 spiro atoms. The number of alkyl halides is 3. The van der Waals surface area contributed by atoms with Gasteiger partial charge < -0.3 is 0 Å². The predicted molar refractivity (Wildman–Crippen MR) is 55.2 cm³/mol. The van der Waals surface area contributed by atoms with E-state index in [1.807, 2.05) is 0 Å². The normalized spacial score (nSPS) is 41.4. The van der Waals surface area contributed by atoms with E-state index in [1.165, 1.54) is 0 Å². The Hall–Kier alpha value is 0.540. The van der Waals surface area contributed by atoms with Gasteiger partial charge in [0.25, 0.3) is 0 Å². The molecule has 98 valence electrons. The van der Waals surface area contributed by atoms with Crippen molar-refractivity contribution in [2.45, 2.75) is 27.8 Å². The molecule has 1 aliphatic rings. The molecule has 0 bridgehead atoms. The highest BCUT2D eigenvalue weighted by molar-refractivity contribution is 8.48. The van der Waals surface area contributed by atoms with Gasteiger partial charge in [-0.05, 0) is 0 Å². The molecule has 0 radical (unpaired) electrons. The zero-order chi connectivity index (χ0) is 13.1. The Labute approximate surface area is 103 Å². The zero-order valence-corrected chi connectivity index (χ0v) is 10.5. The average molecular weight is 328 g/mol. The Balaban J connectivity index is 3.27. The SMILES string of the molecule is O=C1CC(Cl)C(Cl)CC1(Cl)S(F)(F)(F)(F)F. The average Bonchev–Trinajstić information content (AvgIpc) is 1.96. The van der Waals surface area contributed by atoms with E-state index in [0.29, 0.717) is 0 Å². The summed E-state index contributed by atoms with van der Waals surface area (Å²) in [6.07, 6.45) is -2.34. The molecule has 0 heterocycles. The van der Waals surface area contributed by atoms with E-state index in [2.05, 4.69) is 0 Å². The fourth-order valence-corrected chi connectivity index (χ4v) is 3.29. The van der Waals surface area contributed by atoms with Crippen molar-refractivity contribution in [3.05, 3.63) is 0 Å². The van der Waals surface area contributed by atoms with Crippen LogP contribution in [0.3, 0.4) is 0 Å². The van der Waals surface area contributed by atoms with E-state index in [4.69, 9.17) is 34.8 Å². The lowest BCUT2D eigenvalue weighted by Crippen LogP contribution is -2.51. The molecular formula is C6H6Cl3F5OS. The van der Waals surface area contributed by atoms with Gasteiger partial charge in [-0.2, -0.15) is 0 Å². The fraction of sp³-hybridized carbons (Fsp3) is 0.833. The lowest BCUT2D eigenvalue weighted by molar-refractivity contribution is -0.121. The molecule has 1 aliphatic carbocycles. The van der Waals surface area contributed by atoms with Crippen molar-refractivity contribution >= 4 is 50.8 Å². The Kier molecular flexibility index (Phi) is 2.83. The topological polar surface area (TPSA) is 17.1 Å². The molecule has 0 aromatic rings. The Morgan fingerprint density at radius 1 is 1.12 bits per heavy atom. The van der Waals surface area contributed by atoms with E-state index in [-0.39, 0.29) is 0 Å².